The average Bonchev–Trinajstić information content (AvgIpc) is 2.90. The van der Waals surface area contributed by atoms with Crippen molar-refractivity contribution in [3.63, 3.8) is 0 Å². The van der Waals surface area contributed by atoms with Crippen molar-refractivity contribution < 1.29 is 14.3 Å². The van der Waals surface area contributed by atoms with Crippen LogP contribution in [0.1, 0.15) is 21.6 Å². The first kappa shape index (κ1) is 22.1. The molecular formula is C25H27N5O4. The number of aromatic amines is 1. The number of benzene rings is 2. The Kier molecular flexibility index (Phi) is 6.27. The van der Waals surface area contributed by atoms with Crippen LogP contribution in [0.2, 0.25) is 0 Å². The van der Waals surface area contributed by atoms with Crippen LogP contribution in [0.5, 0.6) is 0 Å². The number of hydrogen-bond acceptors (Lipinski definition) is 5. The third kappa shape index (κ3) is 4.51. The van der Waals surface area contributed by atoms with Gasteiger partial charge in [-0.1, -0.05) is 30.3 Å². The van der Waals surface area contributed by atoms with Gasteiger partial charge in [0.25, 0.3) is 11.5 Å². The number of nitrogens with zero attached hydrogens (tertiary/aromatic N) is 4. The highest BCUT2D eigenvalue weighted by Crippen LogP contribution is 2.18. The maximum absolute atomic E-state index is 13.2. The lowest BCUT2D eigenvalue weighted by molar-refractivity contribution is 0.0362. The lowest BCUT2D eigenvalue weighted by Gasteiger charge is -2.38. The molecular weight excluding hydrogens is 434 g/mol. The Morgan fingerprint density at radius 2 is 1.53 bits per heavy atom. The number of amides is 3. The highest BCUT2D eigenvalue weighted by atomic mass is 16.5. The fourth-order valence-electron chi connectivity index (χ4n) is 4.55. The molecule has 176 valence electrons. The highest BCUT2D eigenvalue weighted by Gasteiger charge is 2.28. The maximum Gasteiger partial charge on any atom is 0.320 e. The van der Waals surface area contributed by atoms with Gasteiger partial charge in [0.05, 0.1) is 24.3 Å². The Morgan fingerprint density at radius 3 is 2.29 bits per heavy atom. The van der Waals surface area contributed by atoms with Gasteiger partial charge in [-0.3, -0.25) is 9.59 Å². The van der Waals surface area contributed by atoms with E-state index >= 15 is 0 Å². The van der Waals surface area contributed by atoms with Crippen LogP contribution in [0.3, 0.4) is 0 Å². The van der Waals surface area contributed by atoms with Crippen LogP contribution in [-0.2, 0) is 11.2 Å². The number of carbonyl (C=O) groups is 2. The van der Waals surface area contributed by atoms with Crippen molar-refractivity contribution in [2.45, 2.75) is 6.42 Å². The Morgan fingerprint density at radius 1 is 0.853 bits per heavy atom. The largest absolute Gasteiger partial charge is 0.378 e. The molecule has 3 aromatic rings. The normalized spacial score (nSPS) is 16.6. The number of nitrogens with one attached hydrogen (secondary N) is 1. The summed E-state index contributed by atoms with van der Waals surface area (Å²) in [4.78, 5) is 43.4. The molecule has 0 unspecified atom stereocenters. The summed E-state index contributed by atoms with van der Waals surface area (Å²) in [6, 6.07) is 14.9. The summed E-state index contributed by atoms with van der Waals surface area (Å²) in [5.41, 5.74) is 2.10. The number of aromatic nitrogens is 2. The Bertz CT molecular complexity index is 1260. The molecule has 2 fully saturated rings. The molecule has 1 aromatic heterocycles. The molecule has 2 aliphatic heterocycles. The molecule has 5 rings (SSSR count). The molecule has 2 saturated heterocycles. The third-order valence-corrected chi connectivity index (χ3v) is 6.44. The van der Waals surface area contributed by atoms with Gasteiger partial charge in [-0.15, -0.1) is 0 Å². The highest BCUT2D eigenvalue weighted by molar-refractivity contribution is 5.94. The van der Waals surface area contributed by atoms with Gasteiger partial charge in [-0.05, 0) is 23.8 Å². The van der Waals surface area contributed by atoms with Gasteiger partial charge in [0.15, 0.2) is 0 Å². The van der Waals surface area contributed by atoms with Crippen LogP contribution in [0.4, 0.5) is 4.79 Å². The van der Waals surface area contributed by atoms with Crippen LogP contribution in [0.15, 0.2) is 53.3 Å². The van der Waals surface area contributed by atoms with Gasteiger partial charge in [0, 0.05) is 56.6 Å². The number of fused-ring (bicyclic) bond motifs is 1. The number of piperazine rings is 1. The zero-order valence-corrected chi connectivity index (χ0v) is 18.9. The molecule has 0 atom stereocenters. The first-order chi connectivity index (χ1) is 16.6. The summed E-state index contributed by atoms with van der Waals surface area (Å²) in [5.74, 6) is -0.0420. The van der Waals surface area contributed by atoms with Crippen molar-refractivity contribution in [1.29, 1.82) is 0 Å². The van der Waals surface area contributed by atoms with Crippen molar-refractivity contribution in [3.05, 3.63) is 75.7 Å². The predicted octanol–water partition coefficient (Wildman–Crippen LogP) is 1.72. The van der Waals surface area contributed by atoms with E-state index in [0.717, 1.165) is 16.6 Å². The monoisotopic (exact) mass is 461 g/mol. The molecule has 2 aliphatic rings. The van der Waals surface area contributed by atoms with E-state index in [1.165, 1.54) is 0 Å². The number of rotatable bonds is 3. The van der Waals surface area contributed by atoms with Crippen LogP contribution in [0.25, 0.3) is 10.8 Å². The first-order valence-electron chi connectivity index (χ1n) is 11.6. The smallest absolute Gasteiger partial charge is 0.320 e. The number of hydrogen-bond donors (Lipinski definition) is 1. The maximum atomic E-state index is 13.2. The fraction of sp³-hybridized carbons (Fsp3) is 0.360. The lowest BCUT2D eigenvalue weighted by Crippen LogP contribution is -2.55. The van der Waals surface area contributed by atoms with Crippen LogP contribution >= 0.6 is 0 Å². The molecule has 2 aromatic carbocycles. The van der Waals surface area contributed by atoms with Crippen molar-refractivity contribution in [3.8, 4) is 0 Å². The number of morpholine rings is 1. The molecule has 9 nitrogen and oxygen atoms in total. The van der Waals surface area contributed by atoms with Gasteiger partial charge in [0.1, 0.15) is 0 Å². The molecule has 3 amide bonds. The summed E-state index contributed by atoms with van der Waals surface area (Å²) in [5, 5.41) is 8.22. The summed E-state index contributed by atoms with van der Waals surface area (Å²) >= 11 is 0. The zero-order chi connectivity index (χ0) is 23.5. The minimum absolute atomic E-state index is 0.0259. The minimum atomic E-state index is -0.213. The fourth-order valence-corrected chi connectivity index (χ4v) is 4.55. The van der Waals surface area contributed by atoms with E-state index in [9.17, 15) is 14.4 Å². The van der Waals surface area contributed by atoms with Crippen molar-refractivity contribution >= 4 is 22.7 Å². The molecule has 0 bridgehead atoms. The molecule has 0 radical (unpaired) electrons. The number of H-pyrrole nitrogens is 1. The third-order valence-electron chi connectivity index (χ3n) is 6.44. The van der Waals surface area contributed by atoms with Gasteiger partial charge in [-0.25, -0.2) is 9.89 Å². The van der Waals surface area contributed by atoms with Gasteiger partial charge in [0.2, 0.25) is 0 Å². The number of carbonyl (C=O) groups excluding carboxylic acids is 2. The average molecular weight is 462 g/mol. The zero-order valence-electron chi connectivity index (χ0n) is 18.9. The second-order valence-electron chi connectivity index (χ2n) is 8.58. The van der Waals surface area contributed by atoms with E-state index in [2.05, 4.69) is 10.2 Å². The molecule has 34 heavy (non-hydrogen) atoms. The molecule has 9 heteroatoms. The number of urea groups is 1. The SMILES string of the molecule is O=C(c1cccc(Cc2n[nH]c(=O)c3ccccc23)c1)N1CCN(C(=O)N2CCOCC2)CC1. The van der Waals surface area contributed by atoms with Gasteiger partial charge < -0.3 is 19.4 Å². The van der Waals surface area contributed by atoms with E-state index in [4.69, 9.17) is 4.74 Å². The van der Waals surface area contributed by atoms with Gasteiger partial charge in [-0.2, -0.15) is 5.10 Å². The Hall–Kier alpha value is -3.72. The topological polar surface area (TPSA) is 98.8 Å². The molecule has 3 heterocycles. The van der Waals surface area contributed by atoms with Crippen LogP contribution in [-0.4, -0.2) is 89.3 Å². The molecule has 0 spiro atoms. The van der Waals surface area contributed by atoms with E-state index in [1.807, 2.05) is 52.3 Å². The second kappa shape index (κ2) is 9.64. The summed E-state index contributed by atoms with van der Waals surface area (Å²) in [6.45, 7) is 4.44. The Labute approximate surface area is 196 Å². The van der Waals surface area contributed by atoms with Crippen molar-refractivity contribution in [2.24, 2.45) is 0 Å². The number of ether oxygens (including phenoxy) is 1. The van der Waals surface area contributed by atoms with Crippen molar-refractivity contribution in [1.82, 2.24) is 24.9 Å². The quantitative estimate of drug-likeness (QED) is 0.641. The summed E-state index contributed by atoms with van der Waals surface area (Å²) < 4.78 is 5.32. The standard InChI is InChI=1S/C25H27N5O4/c31-23-21-7-2-1-6-20(21)22(26-27-23)17-18-4-3-5-19(16-18)24(32)28-8-10-29(11-9-28)25(33)30-12-14-34-15-13-30/h1-7,16H,8-15,17H2,(H,27,31). The first-order valence-corrected chi connectivity index (χ1v) is 11.6. The van der Waals surface area contributed by atoms with Gasteiger partial charge >= 0.3 is 6.03 Å². The molecule has 0 aliphatic carbocycles. The predicted molar refractivity (Wildman–Crippen MR) is 127 cm³/mol. The summed E-state index contributed by atoms with van der Waals surface area (Å²) in [7, 11) is 0. The van der Waals surface area contributed by atoms with E-state index < -0.39 is 0 Å². The molecule has 1 N–H and O–H groups in total. The van der Waals surface area contributed by atoms with Crippen LogP contribution in [0, 0.1) is 0 Å². The lowest BCUT2D eigenvalue weighted by atomic mass is 10.0. The molecule has 0 saturated carbocycles. The minimum Gasteiger partial charge on any atom is -0.378 e. The van der Waals surface area contributed by atoms with E-state index in [0.29, 0.717) is 69.9 Å². The Balaban J connectivity index is 1.25. The van der Waals surface area contributed by atoms with Crippen molar-refractivity contribution in [2.75, 3.05) is 52.5 Å². The van der Waals surface area contributed by atoms with E-state index in [1.54, 1.807) is 11.0 Å². The second-order valence-corrected chi connectivity index (χ2v) is 8.58. The van der Waals surface area contributed by atoms with E-state index in [-0.39, 0.29) is 17.5 Å². The summed E-state index contributed by atoms with van der Waals surface area (Å²) in [6.07, 6.45) is 0.500. The van der Waals surface area contributed by atoms with Crippen LogP contribution < -0.4 is 5.56 Å².